The number of aromatic nitrogens is 2. The van der Waals surface area contributed by atoms with E-state index in [2.05, 4.69) is 10.2 Å². The molecular weight excluding hydrogens is 74.9 g/mol. The van der Waals surface area contributed by atoms with E-state index in [1.807, 2.05) is 13.9 Å². The standard InChI is InChI=1S/C3H5BN2/c4-3-1-2-5-6-3/h1-2H,4H2,(H,5,6). The second kappa shape index (κ2) is 1.16. The summed E-state index contributed by atoms with van der Waals surface area (Å²) in [5.74, 6) is 0. The average molecular weight is 79.9 g/mol. The van der Waals surface area contributed by atoms with Crippen LogP contribution in [0, 0.1) is 0 Å². The van der Waals surface area contributed by atoms with Crippen molar-refractivity contribution in [3.63, 3.8) is 0 Å². The molecule has 0 aliphatic heterocycles. The monoisotopic (exact) mass is 80.1 g/mol. The summed E-state index contributed by atoms with van der Waals surface area (Å²) in [5, 5.41) is 6.45. The van der Waals surface area contributed by atoms with E-state index in [-0.39, 0.29) is 0 Å². The van der Waals surface area contributed by atoms with Gasteiger partial charge in [0.1, 0.15) is 0 Å². The van der Waals surface area contributed by atoms with Gasteiger partial charge in [-0.1, -0.05) is 0 Å². The van der Waals surface area contributed by atoms with E-state index in [1.165, 1.54) is 0 Å². The SMILES string of the molecule is Bc1ccn[nH]1. The van der Waals surface area contributed by atoms with Crippen molar-refractivity contribution in [1.82, 2.24) is 10.2 Å². The Hall–Kier alpha value is -0.725. The zero-order valence-corrected chi connectivity index (χ0v) is 3.60. The molecule has 0 unspecified atom stereocenters. The van der Waals surface area contributed by atoms with Crippen LogP contribution < -0.4 is 5.59 Å². The molecule has 6 heavy (non-hydrogen) atoms. The molecule has 0 saturated carbocycles. The maximum Gasteiger partial charge on any atom is 0.163 e. The third kappa shape index (κ3) is 0.430. The van der Waals surface area contributed by atoms with Gasteiger partial charge in [-0.05, 0) is 11.7 Å². The predicted molar refractivity (Wildman–Crippen MR) is 26.8 cm³/mol. The van der Waals surface area contributed by atoms with Crippen LogP contribution in [-0.2, 0) is 0 Å². The molecule has 0 amide bonds. The molecule has 3 heteroatoms. The third-order valence-corrected chi connectivity index (χ3v) is 0.640. The van der Waals surface area contributed by atoms with Gasteiger partial charge in [-0.2, -0.15) is 5.10 Å². The van der Waals surface area contributed by atoms with Crippen LogP contribution in [0.25, 0.3) is 0 Å². The van der Waals surface area contributed by atoms with Gasteiger partial charge >= 0.3 is 0 Å². The fourth-order valence-electron chi connectivity index (χ4n) is 0.325. The van der Waals surface area contributed by atoms with Crippen LogP contribution in [0.5, 0.6) is 0 Å². The van der Waals surface area contributed by atoms with Crippen molar-refractivity contribution in [2.45, 2.75) is 0 Å². The van der Waals surface area contributed by atoms with Crippen LogP contribution in [0.1, 0.15) is 0 Å². The lowest BCUT2D eigenvalue weighted by Gasteiger charge is -1.67. The Labute approximate surface area is 37.0 Å². The molecule has 1 N–H and O–H groups in total. The highest BCUT2D eigenvalue weighted by atomic mass is 15.1. The number of nitrogens with zero attached hydrogens (tertiary/aromatic N) is 1. The first-order valence-corrected chi connectivity index (χ1v) is 1.85. The Morgan fingerprint density at radius 3 is 2.83 bits per heavy atom. The zero-order valence-electron chi connectivity index (χ0n) is 3.60. The van der Waals surface area contributed by atoms with Crippen molar-refractivity contribution in [1.29, 1.82) is 0 Å². The molecule has 1 aromatic rings. The van der Waals surface area contributed by atoms with E-state index in [9.17, 15) is 0 Å². The Kier molecular flexibility index (Phi) is 0.672. The molecular formula is C3H5BN2. The minimum Gasteiger partial charge on any atom is -0.293 e. The summed E-state index contributed by atoms with van der Waals surface area (Å²) in [6.45, 7) is 0. The lowest BCUT2D eigenvalue weighted by Crippen LogP contribution is -2.00. The normalized spacial score (nSPS) is 8.67. The largest absolute Gasteiger partial charge is 0.293 e. The topological polar surface area (TPSA) is 28.7 Å². The molecule has 0 aliphatic rings. The van der Waals surface area contributed by atoms with Gasteiger partial charge in [-0.15, -0.1) is 0 Å². The van der Waals surface area contributed by atoms with Gasteiger partial charge in [-0.25, -0.2) is 0 Å². The first kappa shape index (κ1) is 3.46. The highest BCUT2D eigenvalue weighted by Crippen LogP contribution is 1.60. The van der Waals surface area contributed by atoms with Crippen LogP contribution in [0.4, 0.5) is 0 Å². The van der Waals surface area contributed by atoms with E-state index in [4.69, 9.17) is 0 Å². The smallest absolute Gasteiger partial charge is 0.163 e. The summed E-state index contributed by atoms with van der Waals surface area (Å²) in [6, 6.07) is 1.92. The van der Waals surface area contributed by atoms with Gasteiger partial charge in [0.05, 0.1) is 0 Å². The Bertz CT molecular complexity index is 112. The Morgan fingerprint density at radius 1 is 1.83 bits per heavy atom. The van der Waals surface area contributed by atoms with Crippen LogP contribution in [0.15, 0.2) is 12.3 Å². The van der Waals surface area contributed by atoms with Crippen molar-refractivity contribution in [2.75, 3.05) is 0 Å². The zero-order chi connectivity index (χ0) is 4.41. The second-order valence-electron chi connectivity index (χ2n) is 1.24. The molecule has 0 radical (unpaired) electrons. The molecule has 0 bridgehead atoms. The lowest BCUT2D eigenvalue weighted by atomic mass is 10.1. The maximum absolute atomic E-state index is 3.70. The van der Waals surface area contributed by atoms with E-state index in [0.717, 1.165) is 5.59 Å². The molecule has 1 aromatic heterocycles. The molecule has 0 fully saturated rings. The van der Waals surface area contributed by atoms with Gasteiger partial charge < -0.3 is 0 Å². The summed E-state index contributed by atoms with van der Waals surface area (Å²) < 4.78 is 0. The molecule has 1 heterocycles. The Balaban J connectivity index is 3.05. The molecule has 0 aromatic carbocycles. The molecule has 0 atom stereocenters. The highest BCUT2D eigenvalue weighted by molar-refractivity contribution is 6.30. The van der Waals surface area contributed by atoms with E-state index in [1.54, 1.807) is 6.20 Å². The van der Waals surface area contributed by atoms with Gasteiger partial charge in [0.15, 0.2) is 7.85 Å². The number of nitrogens with one attached hydrogen (secondary N) is 1. The number of hydrogen-bond acceptors (Lipinski definition) is 1. The summed E-state index contributed by atoms with van der Waals surface area (Å²) >= 11 is 0. The molecule has 0 saturated heterocycles. The number of aromatic amines is 1. The summed E-state index contributed by atoms with van der Waals surface area (Å²) in [7, 11) is 1.97. The van der Waals surface area contributed by atoms with E-state index >= 15 is 0 Å². The lowest BCUT2D eigenvalue weighted by molar-refractivity contribution is 1.11. The van der Waals surface area contributed by atoms with Gasteiger partial charge in [0, 0.05) is 6.20 Å². The van der Waals surface area contributed by atoms with Crippen molar-refractivity contribution < 1.29 is 0 Å². The fourth-order valence-corrected chi connectivity index (χ4v) is 0.325. The van der Waals surface area contributed by atoms with E-state index < -0.39 is 0 Å². The minimum absolute atomic E-state index is 1.11. The number of hydrogen-bond donors (Lipinski definition) is 1. The van der Waals surface area contributed by atoms with Crippen molar-refractivity contribution in [2.24, 2.45) is 0 Å². The van der Waals surface area contributed by atoms with Crippen LogP contribution in [0.3, 0.4) is 0 Å². The quantitative estimate of drug-likeness (QED) is 0.384. The van der Waals surface area contributed by atoms with Gasteiger partial charge in [0.2, 0.25) is 0 Å². The third-order valence-electron chi connectivity index (χ3n) is 0.640. The molecule has 0 aliphatic carbocycles. The number of rotatable bonds is 0. The van der Waals surface area contributed by atoms with Crippen LogP contribution >= 0.6 is 0 Å². The van der Waals surface area contributed by atoms with Crippen molar-refractivity contribution in [3.05, 3.63) is 12.3 Å². The van der Waals surface area contributed by atoms with E-state index in [0.29, 0.717) is 0 Å². The van der Waals surface area contributed by atoms with Gasteiger partial charge in [0.25, 0.3) is 0 Å². The minimum atomic E-state index is 1.11. The van der Waals surface area contributed by atoms with Crippen molar-refractivity contribution in [3.8, 4) is 0 Å². The second-order valence-corrected chi connectivity index (χ2v) is 1.24. The first-order chi connectivity index (χ1) is 2.89. The average Bonchev–Trinajstić information content (AvgIpc) is 1.86. The maximum atomic E-state index is 3.70. The fraction of sp³-hybridized carbons (Fsp3) is 0. The number of H-pyrrole nitrogens is 1. The molecule has 30 valence electrons. The van der Waals surface area contributed by atoms with Crippen LogP contribution in [0.2, 0.25) is 0 Å². The first-order valence-electron chi connectivity index (χ1n) is 1.85. The summed E-state index contributed by atoms with van der Waals surface area (Å²) in [4.78, 5) is 0. The highest BCUT2D eigenvalue weighted by Gasteiger charge is 1.74. The molecule has 0 spiro atoms. The molecule has 1 rings (SSSR count). The van der Waals surface area contributed by atoms with Crippen LogP contribution in [-0.4, -0.2) is 18.0 Å². The van der Waals surface area contributed by atoms with Gasteiger partial charge in [-0.3, -0.25) is 5.10 Å². The molecule has 2 nitrogen and oxygen atoms in total. The van der Waals surface area contributed by atoms with Crippen molar-refractivity contribution >= 4 is 13.4 Å². The Morgan fingerprint density at radius 2 is 2.67 bits per heavy atom. The predicted octanol–water partition coefficient (Wildman–Crippen LogP) is -1.33. The summed E-state index contributed by atoms with van der Waals surface area (Å²) in [5.41, 5.74) is 1.11. The summed E-state index contributed by atoms with van der Waals surface area (Å²) in [6.07, 6.45) is 1.73.